The first kappa shape index (κ1) is 16.2. The molecule has 114 valence electrons. The second-order valence-electron chi connectivity index (χ2n) is 5.88. The van der Waals surface area contributed by atoms with Crippen molar-refractivity contribution in [1.82, 2.24) is 10.3 Å². The summed E-state index contributed by atoms with van der Waals surface area (Å²) in [4.78, 5) is 4.69. The van der Waals surface area contributed by atoms with Gasteiger partial charge in [0.15, 0.2) is 0 Å². The summed E-state index contributed by atoms with van der Waals surface area (Å²) >= 11 is 1.74. The highest BCUT2D eigenvalue weighted by molar-refractivity contribution is 7.09. The third kappa shape index (κ3) is 4.14. The third-order valence-corrected chi connectivity index (χ3v) is 4.67. The molecule has 0 aliphatic heterocycles. The number of nitrogens with zero attached hydrogens (tertiary/aromatic N) is 1. The van der Waals surface area contributed by atoms with Gasteiger partial charge < -0.3 is 5.32 Å². The van der Waals surface area contributed by atoms with Gasteiger partial charge in [-0.25, -0.2) is 4.98 Å². The second kappa shape index (κ2) is 7.19. The van der Waals surface area contributed by atoms with E-state index in [4.69, 9.17) is 4.98 Å². The summed E-state index contributed by atoms with van der Waals surface area (Å²) in [5.74, 6) is 0. The fourth-order valence-corrected chi connectivity index (χ4v) is 3.54. The molecule has 0 spiro atoms. The molecule has 2 aromatic rings. The Bertz CT molecular complexity index is 578. The van der Waals surface area contributed by atoms with Crippen LogP contribution in [-0.2, 0) is 6.42 Å². The normalized spacial score (nSPS) is 12.6. The van der Waals surface area contributed by atoms with Gasteiger partial charge in [-0.2, -0.15) is 0 Å². The monoisotopic (exact) mass is 302 g/mol. The fraction of sp³-hybridized carbons (Fsp3) is 0.500. The number of aromatic nitrogens is 1. The quantitative estimate of drug-likeness (QED) is 0.839. The molecule has 1 N–H and O–H groups in total. The lowest BCUT2D eigenvalue weighted by Crippen LogP contribution is -2.25. The number of benzene rings is 1. The Morgan fingerprint density at radius 3 is 2.33 bits per heavy atom. The second-order valence-corrected chi connectivity index (χ2v) is 6.94. The van der Waals surface area contributed by atoms with Gasteiger partial charge in [-0.3, -0.25) is 0 Å². The largest absolute Gasteiger partial charge is 0.308 e. The van der Waals surface area contributed by atoms with Crippen molar-refractivity contribution < 1.29 is 0 Å². The minimum absolute atomic E-state index is 0.315. The van der Waals surface area contributed by atoms with E-state index in [-0.39, 0.29) is 0 Å². The molecule has 0 aliphatic rings. The zero-order valence-electron chi connectivity index (χ0n) is 13.8. The summed E-state index contributed by atoms with van der Waals surface area (Å²) in [6.45, 7) is 11.9. The van der Waals surface area contributed by atoms with Crippen molar-refractivity contribution in [2.75, 3.05) is 6.54 Å². The van der Waals surface area contributed by atoms with E-state index in [9.17, 15) is 0 Å². The molecule has 0 bridgehead atoms. The van der Waals surface area contributed by atoms with Gasteiger partial charge in [0.25, 0.3) is 0 Å². The van der Waals surface area contributed by atoms with E-state index in [1.165, 1.54) is 27.9 Å². The SMILES string of the molecule is CCCNC(Cc1c(C)cc(C)cc1C)c1csc(C)n1. The van der Waals surface area contributed by atoms with Crippen LogP contribution in [0, 0.1) is 27.7 Å². The highest BCUT2D eigenvalue weighted by Crippen LogP contribution is 2.25. The molecule has 21 heavy (non-hydrogen) atoms. The zero-order valence-corrected chi connectivity index (χ0v) is 14.6. The van der Waals surface area contributed by atoms with Crippen LogP contribution < -0.4 is 5.32 Å². The molecular formula is C18H26N2S. The van der Waals surface area contributed by atoms with E-state index >= 15 is 0 Å². The Morgan fingerprint density at radius 1 is 1.14 bits per heavy atom. The summed E-state index contributed by atoms with van der Waals surface area (Å²) in [6.07, 6.45) is 2.16. The Balaban J connectivity index is 2.27. The summed E-state index contributed by atoms with van der Waals surface area (Å²) in [7, 11) is 0. The minimum atomic E-state index is 0.315. The zero-order chi connectivity index (χ0) is 15.4. The van der Waals surface area contributed by atoms with E-state index in [1.54, 1.807) is 11.3 Å². The third-order valence-electron chi connectivity index (χ3n) is 3.88. The Labute approximate surface area is 132 Å². The van der Waals surface area contributed by atoms with Crippen molar-refractivity contribution in [3.8, 4) is 0 Å². The maximum Gasteiger partial charge on any atom is 0.0898 e. The molecule has 0 saturated heterocycles. The van der Waals surface area contributed by atoms with Crippen molar-refractivity contribution >= 4 is 11.3 Å². The molecule has 0 radical (unpaired) electrons. The van der Waals surface area contributed by atoms with Crippen LogP contribution in [-0.4, -0.2) is 11.5 Å². The minimum Gasteiger partial charge on any atom is -0.308 e. The molecule has 1 aromatic heterocycles. The molecule has 2 nitrogen and oxygen atoms in total. The van der Waals surface area contributed by atoms with Crippen LogP contribution in [0.15, 0.2) is 17.5 Å². The van der Waals surface area contributed by atoms with Crippen molar-refractivity contribution in [2.24, 2.45) is 0 Å². The first-order chi connectivity index (χ1) is 10.0. The lowest BCUT2D eigenvalue weighted by Gasteiger charge is -2.20. The molecule has 2 rings (SSSR count). The van der Waals surface area contributed by atoms with E-state index in [2.05, 4.69) is 57.4 Å². The van der Waals surface area contributed by atoms with Crippen molar-refractivity contribution in [2.45, 2.75) is 53.5 Å². The molecule has 1 atom stereocenters. The number of rotatable bonds is 6. The molecule has 0 amide bonds. The molecule has 1 heterocycles. The van der Waals surface area contributed by atoms with Gasteiger partial charge in [-0.1, -0.05) is 24.6 Å². The van der Waals surface area contributed by atoms with E-state index < -0.39 is 0 Å². The topological polar surface area (TPSA) is 24.9 Å². The van der Waals surface area contributed by atoms with E-state index in [0.717, 1.165) is 24.4 Å². The number of hydrogen-bond acceptors (Lipinski definition) is 3. The average molecular weight is 302 g/mol. The maximum absolute atomic E-state index is 4.69. The van der Waals surface area contributed by atoms with Gasteiger partial charge in [0.2, 0.25) is 0 Å². The van der Waals surface area contributed by atoms with Crippen molar-refractivity contribution in [1.29, 1.82) is 0 Å². The van der Waals surface area contributed by atoms with Gasteiger partial charge in [0, 0.05) is 5.38 Å². The lowest BCUT2D eigenvalue weighted by atomic mass is 9.93. The standard InChI is InChI=1S/C18H26N2S/c1-6-7-19-17(18-11-21-15(5)20-18)10-16-13(3)8-12(2)9-14(16)4/h8-9,11,17,19H,6-7,10H2,1-5H3. The predicted octanol–water partition coefficient (Wildman–Crippen LogP) is 4.66. The molecule has 0 aliphatic carbocycles. The fourth-order valence-electron chi connectivity index (χ4n) is 2.88. The van der Waals surface area contributed by atoms with Crippen molar-refractivity contribution in [3.63, 3.8) is 0 Å². The van der Waals surface area contributed by atoms with Crippen LogP contribution in [0.1, 0.15) is 52.3 Å². The number of thiazole rings is 1. The molecule has 0 saturated carbocycles. The van der Waals surface area contributed by atoms with Crippen molar-refractivity contribution in [3.05, 3.63) is 50.5 Å². The number of nitrogens with one attached hydrogen (secondary N) is 1. The summed E-state index contributed by atoms with van der Waals surface area (Å²) < 4.78 is 0. The maximum atomic E-state index is 4.69. The van der Waals surface area contributed by atoms with Crippen LogP contribution in [0.4, 0.5) is 0 Å². The molecule has 0 fully saturated rings. The summed E-state index contributed by atoms with van der Waals surface area (Å²) in [5, 5.41) is 7.00. The Kier molecular flexibility index (Phi) is 5.54. The molecule has 1 aromatic carbocycles. The van der Waals surface area contributed by atoms with Crippen LogP contribution in [0.2, 0.25) is 0 Å². The van der Waals surface area contributed by atoms with Gasteiger partial charge in [-0.15, -0.1) is 11.3 Å². The van der Waals surface area contributed by atoms with E-state index in [0.29, 0.717) is 6.04 Å². The smallest absolute Gasteiger partial charge is 0.0898 e. The van der Waals surface area contributed by atoms with Crippen LogP contribution in [0.3, 0.4) is 0 Å². The average Bonchev–Trinajstić information content (AvgIpc) is 2.83. The first-order valence-electron chi connectivity index (χ1n) is 7.73. The van der Waals surface area contributed by atoms with Gasteiger partial charge in [-0.05, 0) is 63.8 Å². The molecule has 1 unspecified atom stereocenters. The van der Waals surface area contributed by atoms with E-state index in [1.807, 2.05) is 0 Å². The first-order valence-corrected chi connectivity index (χ1v) is 8.61. The van der Waals surface area contributed by atoms with Crippen LogP contribution in [0.5, 0.6) is 0 Å². The molecule has 3 heteroatoms. The summed E-state index contributed by atoms with van der Waals surface area (Å²) in [5.41, 5.74) is 6.77. The van der Waals surface area contributed by atoms with Gasteiger partial charge >= 0.3 is 0 Å². The Morgan fingerprint density at radius 2 is 1.81 bits per heavy atom. The molecular weight excluding hydrogens is 276 g/mol. The predicted molar refractivity (Wildman–Crippen MR) is 92.2 cm³/mol. The highest BCUT2D eigenvalue weighted by atomic mass is 32.1. The lowest BCUT2D eigenvalue weighted by molar-refractivity contribution is 0.517. The number of hydrogen-bond donors (Lipinski definition) is 1. The van der Waals surface area contributed by atoms with Gasteiger partial charge in [0.1, 0.15) is 0 Å². The number of aryl methyl sites for hydroxylation is 4. The summed E-state index contributed by atoms with van der Waals surface area (Å²) in [6, 6.07) is 4.88. The Hall–Kier alpha value is -1.19. The highest BCUT2D eigenvalue weighted by Gasteiger charge is 2.17. The van der Waals surface area contributed by atoms with Crippen LogP contribution in [0.25, 0.3) is 0 Å². The van der Waals surface area contributed by atoms with Crippen LogP contribution >= 0.6 is 11.3 Å². The van der Waals surface area contributed by atoms with Gasteiger partial charge in [0.05, 0.1) is 16.7 Å².